The average Bonchev–Trinajstić information content (AvgIpc) is 2.41. The van der Waals surface area contributed by atoms with Gasteiger partial charge < -0.3 is 9.84 Å². The van der Waals surface area contributed by atoms with Crippen LogP contribution in [0.15, 0.2) is 18.2 Å². The molecule has 0 aromatic heterocycles. The third-order valence-corrected chi connectivity index (χ3v) is 3.11. The van der Waals surface area contributed by atoms with Crippen LogP contribution >= 0.6 is 0 Å². The van der Waals surface area contributed by atoms with Gasteiger partial charge in [-0.25, -0.2) is 4.79 Å². The fourth-order valence-electron chi connectivity index (χ4n) is 2.01. The molecule has 1 aromatic carbocycles. The molecule has 0 saturated heterocycles. The number of ether oxygens (including phenoxy) is 1. The van der Waals surface area contributed by atoms with E-state index in [-0.39, 0.29) is 0 Å². The summed E-state index contributed by atoms with van der Waals surface area (Å²) in [4.78, 5) is 11.8. The molecule has 1 aliphatic rings. The standard InChI is InChI=1S/C13H16O3/c1-8-5-6-10-9(7-8)13(15,11(14)16-10)12(2,3)4/h5-7,15H,1-4H3. The molecule has 2 rings (SSSR count). The first kappa shape index (κ1) is 11.1. The number of fused-ring (bicyclic) bond motifs is 1. The molecule has 1 atom stereocenters. The molecule has 3 heteroatoms. The number of benzene rings is 1. The first-order chi connectivity index (χ1) is 7.26. The zero-order chi connectivity index (χ0) is 12.1. The molecule has 0 aliphatic carbocycles. The van der Waals surface area contributed by atoms with Crippen molar-refractivity contribution in [1.82, 2.24) is 0 Å². The summed E-state index contributed by atoms with van der Waals surface area (Å²) in [7, 11) is 0. The SMILES string of the molecule is Cc1ccc2c(c1)C(O)(C(C)(C)C)C(=O)O2. The molecular formula is C13H16O3. The van der Waals surface area contributed by atoms with Gasteiger partial charge in [0.05, 0.1) is 0 Å². The first-order valence-electron chi connectivity index (χ1n) is 5.32. The topological polar surface area (TPSA) is 46.5 Å². The van der Waals surface area contributed by atoms with Crippen LogP contribution < -0.4 is 4.74 Å². The molecule has 1 heterocycles. The van der Waals surface area contributed by atoms with Crippen LogP contribution in [0.2, 0.25) is 0 Å². The molecule has 0 saturated carbocycles. The molecule has 1 aliphatic heterocycles. The van der Waals surface area contributed by atoms with Crippen LogP contribution in [0.3, 0.4) is 0 Å². The summed E-state index contributed by atoms with van der Waals surface area (Å²) in [6.07, 6.45) is 0. The maximum Gasteiger partial charge on any atom is 0.348 e. The van der Waals surface area contributed by atoms with Gasteiger partial charge in [0, 0.05) is 11.0 Å². The Hall–Kier alpha value is -1.35. The van der Waals surface area contributed by atoms with Crippen molar-refractivity contribution in [3.8, 4) is 5.75 Å². The molecule has 0 amide bonds. The second kappa shape index (κ2) is 3.08. The maximum atomic E-state index is 11.8. The third-order valence-electron chi connectivity index (χ3n) is 3.11. The van der Waals surface area contributed by atoms with Crippen molar-refractivity contribution in [2.45, 2.75) is 33.3 Å². The number of hydrogen-bond donors (Lipinski definition) is 1. The van der Waals surface area contributed by atoms with E-state index < -0.39 is 17.0 Å². The van der Waals surface area contributed by atoms with Gasteiger partial charge in [0.25, 0.3) is 0 Å². The highest BCUT2D eigenvalue weighted by Gasteiger charge is 2.55. The van der Waals surface area contributed by atoms with Crippen LogP contribution in [0.25, 0.3) is 0 Å². The Morgan fingerprint density at radius 2 is 1.94 bits per heavy atom. The lowest BCUT2D eigenvalue weighted by molar-refractivity contribution is -0.164. The zero-order valence-corrected chi connectivity index (χ0v) is 10.00. The number of aryl methyl sites for hydroxylation is 1. The molecule has 1 N–H and O–H groups in total. The molecule has 3 nitrogen and oxygen atoms in total. The summed E-state index contributed by atoms with van der Waals surface area (Å²) in [5, 5.41) is 10.6. The van der Waals surface area contributed by atoms with Crippen LogP contribution in [-0.2, 0) is 10.4 Å². The molecule has 1 aromatic rings. The molecule has 0 fully saturated rings. The number of aliphatic hydroxyl groups is 1. The van der Waals surface area contributed by atoms with Gasteiger partial charge in [0.2, 0.25) is 0 Å². The van der Waals surface area contributed by atoms with Crippen molar-refractivity contribution in [1.29, 1.82) is 0 Å². The smallest absolute Gasteiger partial charge is 0.348 e. The van der Waals surface area contributed by atoms with E-state index in [4.69, 9.17) is 4.74 Å². The van der Waals surface area contributed by atoms with Crippen LogP contribution in [0, 0.1) is 12.3 Å². The Bertz CT molecular complexity index is 457. The quantitative estimate of drug-likeness (QED) is 0.538. The second-order valence-electron chi connectivity index (χ2n) is 5.35. The number of carbonyl (C=O) groups is 1. The number of rotatable bonds is 0. The Labute approximate surface area is 95.0 Å². The van der Waals surface area contributed by atoms with E-state index in [1.54, 1.807) is 6.07 Å². The van der Waals surface area contributed by atoms with Crippen LogP contribution in [0.5, 0.6) is 5.75 Å². The van der Waals surface area contributed by atoms with Crippen molar-refractivity contribution < 1.29 is 14.6 Å². The Balaban J connectivity index is 2.67. The summed E-state index contributed by atoms with van der Waals surface area (Å²) in [6, 6.07) is 5.40. The van der Waals surface area contributed by atoms with E-state index in [9.17, 15) is 9.90 Å². The zero-order valence-electron chi connectivity index (χ0n) is 10.00. The summed E-state index contributed by atoms with van der Waals surface area (Å²) in [5.74, 6) is -0.117. The van der Waals surface area contributed by atoms with E-state index in [2.05, 4.69) is 0 Å². The van der Waals surface area contributed by atoms with E-state index in [0.717, 1.165) is 5.56 Å². The molecule has 16 heavy (non-hydrogen) atoms. The molecule has 0 radical (unpaired) electrons. The Morgan fingerprint density at radius 1 is 1.31 bits per heavy atom. The lowest BCUT2D eigenvalue weighted by Crippen LogP contribution is -2.45. The molecule has 0 bridgehead atoms. The van der Waals surface area contributed by atoms with Crippen LogP contribution in [0.4, 0.5) is 0 Å². The van der Waals surface area contributed by atoms with Gasteiger partial charge in [-0.1, -0.05) is 32.4 Å². The number of hydrogen-bond acceptors (Lipinski definition) is 3. The van der Waals surface area contributed by atoms with Gasteiger partial charge in [-0.15, -0.1) is 0 Å². The highest BCUT2D eigenvalue weighted by Crippen LogP contribution is 2.48. The second-order valence-corrected chi connectivity index (χ2v) is 5.35. The fourth-order valence-corrected chi connectivity index (χ4v) is 2.01. The fraction of sp³-hybridized carbons (Fsp3) is 0.462. The Kier molecular flexibility index (Phi) is 2.14. The largest absolute Gasteiger partial charge is 0.424 e. The van der Waals surface area contributed by atoms with Gasteiger partial charge in [-0.2, -0.15) is 0 Å². The molecule has 0 spiro atoms. The minimum Gasteiger partial charge on any atom is -0.424 e. The molecule has 86 valence electrons. The summed E-state index contributed by atoms with van der Waals surface area (Å²) in [5.41, 5.74) is -0.568. The van der Waals surface area contributed by atoms with Crippen molar-refractivity contribution >= 4 is 5.97 Å². The first-order valence-corrected chi connectivity index (χ1v) is 5.32. The molecule has 1 unspecified atom stereocenters. The minimum atomic E-state index is -1.55. The predicted molar refractivity (Wildman–Crippen MR) is 60.2 cm³/mol. The highest BCUT2D eigenvalue weighted by molar-refractivity contribution is 5.89. The van der Waals surface area contributed by atoms with Crippen molar-refractivity contribution in [2.24, 2.45) is 5.41 Å². The van der Waals surface area contributed by atoms with E-state index in [0.29, 0.717) is 11.3 Å². The number of esters is 1. The Morgan fingerprint density at radius 3 is 2.50 bits per heavy atom. The van der Waals surface area contributed by atoms with E-state index >= 15 is 0 Å². The average molecular weight is 220 g/mol. The van der Waals surface area contributed by atoms with Gasteiger partial charge >= 0.3 is 5.97 Å². The summed E-state index contributed by atoms with van der Waals surface area (Å²) in [6.45, 7) is 7.40. The van der Waals surface area contributed by atoms with Gasteiger partial charge in [-0.3, -0.25) is 0 Å². The van der Waals surface area contributed by atoms with Gasteiger partial charge in [-0.05, 0) is 19.1 Å². The predicted octanol–water partition coefficient (Wildman–Crippen LogP) is 2.15. The summed E-state index contributed by atoms with van der Waals surface area (Å²) >= 11 is 0. The van der Waals surface area contributed by atoms with E-state index in [1.807, 2.05) is 39.8 Å². The third kappa shape index (κ3) is 1.28. The van der Waals surface area contributed by atoms with Crippen LogP contribution in [0.1, 0.15) is 31.9 Å². The summed E-state index contributed by atoms with van der Waals surface area (Å²) < 4.78 is 5.12. The van der Waals surface area contributed by atoms with Crippen molar-refractivity contribution in [2.75, 3.05) is 0 Å². The highest BCUT2D eigenvalue weighted by atomic mass is 16.6. The van der Waals surface area contributed by atoms with E-state index in [1.165, 1.54) is 0 Å². The lowest BCUT2D eigenvalue weighted by atomic mass is 9.73. The van der Waals surface area contributed by atoms with Gasteiger partial charge in [0.15, 0.2) is 5.60 Å². The van der Waals surface area contributed by atoms with Gasteiger partial charge in [0.1, 0.15) is 5.75 Å². The lowest BCUT2D eigenvalue weighted by Gasteiger charge is -2.33. The number of carbonyl (C=O) groups excluding carboxylic acids is 1. The normalized spacial score (nSPS) is 24.2. The maximum absolute atomic E-state index is 11.8. The van der Waals surface area contributed by atoms with Crippen molar-refractivity contribution in [3.05, 3.63) is 29.3 Å². The minimum absolute atomic E-state index is 0.466. The molecular weight excluding hydrogens is 204 g/mol. The monoisotopic (exact) mass is 220 g/mol. The van der Waals surface area contributed by atoms with Crippen molar-refractivity contribution in [3.63, 3.8) is 0 Å². The van der Waals surface area contributed by atoms with Crippen LogP contribution in [-0.4, -0.2) is 11.1 Å².